The lowest BCUT2D eigenvalue weighted by Crippen LogP contribution is -2.40. The van der Waals surface area contributed by atoms with E-state index in [-0.39, 0.29) is 0 Å². The van der Waals surface area contributed by atoms with Gasteiger partial charge in [-0.05, 0) is 24.6 Å². The Labute approximate surface area is 100 Å². The van der Waals surface area contributed by atoms with Crippen LogP contribution in [0.5, 0.6) is 11.5 Å². The van der Waals surface area contributed by atoms with Gasteiger partial charge in [-0.3, -0.25) is 4.79 Å². The van der Waals surface area contributed by atoms with Crippen molar-refractivity contribution in [3.63, 3.8) is 0 Å². The van der Waals surface area contributed by atoms with Gasteiger partial charge < -0.3 is 19.9 Å². The number of methoxy groups -OCH3 is 3. The summed E-state index contributed by atoms with van der Waals surface area (Å²) in [6, 6.07) is 5.09. The molecule has 0 saturated carbocycles. The molecule has 1 rings (SSSR count). The molecule has 5 heteroatoms. The van der Waals surface area contributed by atoms with Crippen molar-refractivity contribution in [3.05, 3.63) is 23.8 Å². The fraction of sp³-hybridized carbons (Fsp3) is 0.417. The Balaban J connectivity index is 3.27. The lowest BCUT2D eigenvalue weighted by Gasteiger charge is -2.25. The van der Waals surface area contributed by atoms with Crippen molar-refractivity contribution in [1.82, 2.24) is 0 Å². The number of carbonyl (C=O) groups excluding carboxylic acids is 1. The van der Waals surface area contributed by atoms with E-state index in [2.05, 4.69) is 0 Å². The summed E-state index contributed by atoms with van der Waals surface area (Å²) in [7, 11) is 4.50. The fourth-order valence-electron chi connectivity index (χ4n) is 1.49. The molecule has 2 N–H and O–H groups in total. The van der Waals surface area contributed by atoms with E-state index in [1.807, 2.05) is 0 Å². The van der Waals surface area contributed by atoms with E-state index >= 15 is 0 Å². The zero-order chi connectivity index (χ0) is 13.1. The highest BCUT2D eigenvalue weighted by atomic mass is 16.5. The molecule has 0 aromatic heterocycles. The van der Waals surface area contributed by atoms with Gasteiger partial charge in [0.15, 0.2) is 17.1 Å². The molecule has 0 bridgehead atoms. The Kier molecular flexibility index (Phi) is 3.96. The standard InChI is InChI=1S/C12H17NO4/c1-12(17-4,11(13)14)8-5-6-9(15-2)10(7-8)16-3/h5-7H,1-4H3,(H2,13,14). The predicted octanol–water partition coefficient (Wildman–Crippen LogP) is 1.05. The highest BCUT2D eigenvalue weighted by molar-refractivity contribution is 5.84. The van der Waals surface area contributed by atoms with Crippen molar-refractivity contribution >= 4 is 5.91 Å². The van der Waals surface area contributed by atoms with Crippen LogP contribution in [0.15, 0.2) is 18.2 Å². The van der Waals surface area contributed by atoms with Crippen LogP contribution in [-0.4, -0.2) is 27.2 Å². The van der Waals surface area contributed by atoms with Gasteiger partial charge in [0.25, 0.3) is 5.91 Å². The zero-order valence-electron chi connectivity index (χ0n) is 10.4. The first-order valence-corrected chi connectivity index (χ1v) is 5.07. The molecule has 1 unspecified atom stereocenters. The molecule has 0 aliphatic carbocycles. The molecule has 5 nitrogen and oxygen atoms in total. The summed E-state index contributed by atoms with van der Waals surface area (Å²) < 4.78 is 15.5. The van der Waals surface area contributed by atoms with Gasteiger partial charge in [-0.2, -0.15) is 0 Å². The number of nitrogens with two attached hydrogens (primary N) is 1. The molecule has 0 radical (unpaired) electrons. The van der Waals surface area contributed by atoms with E-state index in [0.717, 1.165) is 0 Å². The Morgan fingerprint density at radius 2 is 1.76 bits per heavy atom. The van der Waals surface area contributed by atoms with Crippen LogP contribution < -0.4 is 15.2 Å². The third-order valence-electron chi connectivity index (χ3n) is 2.81. The Morgan fingerprint density at radius 1 is 1.18 bits per heavy atom. The van der Waals surface area contributed by atoms with Gasteiger partial charge in [0.1, 0.15) is 0 Å². The van der Waals surface area contributed by atoms with Crippen LogP contribution in [-0.2, 0) is 15.1 Å². The van der Waals surface area contributed by atoms with E-state index in [4.69, 9.17) is 19.9 Å². The largest absolute Gasteiger partial charge is 0.493 e. The highest BCUT2D eigenvalue weighted by Gasteiger charge is 2.33. The van der Waals surface area contributed by atoms with Crippen molar-refractivity contribution in [2.75, 3.05) is 21.3 Å². The van der Waals surface area contributed by atoms with Gasteiger partial charge in [-0.1, -0.05) is 6.07 Å². The molecule has 94 valence electrons. The fourth-order valence-corrected chi connectivity index (χ4v) is 1.49. The minimum absolute atomic E-state index is 0.523. The summed E-state index contributed by atoms with van der Waals surface area (Å²) in [4.78, 5) is 11.4. The van der Waals surface area contributed by atoms with Crippen molar-refractivity contribution in [1.29, 1.82) is 0 Å². The molecule has 1 aromatic carbocycles. The Hall–Kier alpha value is -1.75. The molecule has 0 saturated heterocycles. The molecular weight excluding hydrogens is 222 g/mol. The topological polar surface area (TPSA) is 70.8 Å². The molecule has 17 heavy (non-hydrogen) atoms. The summed E-state index contributed by atoms with van der Waals surface area (Å²) in [5.74, 6) is 0.543. The summed E-state index contributed by atoms with van der Waals surface area (Å²) in [6.45, 7) is 1.61. The number of primary amides is 1. The van der Waals surface area contributed by atoms with E-state index in [1.165, 1.54) is 14.2 Å². The molecular formula is C12H17NO4. The number of hydrogen-bond acceptors (Lipinski definition) is 4. The van der Waals surface area contributed by atoms with Crippen molar-refractivity contribution in [2.45, 2.75) is 12.5 Å². The van der Waals surface area contributed by atoms with Gasteiger partial charge in [0, 0.05) is 7.11 Å². The second-order valence-corrected chi connectivity index (χ2v) is 3.67. The van der Waals surface area contributed by atoms with E-state index in [9.17, 15) is 4.79 Å². The number of carbonyl (C=O) groups is 1. The summed E-state index contributed by atoms with van der Waals surface area (Å²) in [5, 5.41) is 0. The highest BCUT2D eigenvalue weighted by Crippen LogP contribution is 2.33. The van der Waals surface area contributed by atoms with Crippen LogP contribution in [0.4, 0.5) is 0 Å². The van der Waals surface area contributed by atoms with Gasteiger partial charge in [0.2, 0.25) is 0 Å². The number of rotatable bonds is 5. The van der Waals surface area contributed by atoms with Crippen LogP contribution in [0.3, 0.4) is 0 Å². The molecule has 0 aliphatic heterocycles. The molecule has 0 fully saturated rings. The Bertz CT molecular complexity index is 419. The van der Waals surface area contributed by atoms with Crippen LogP contribution in [0.1, 0.15) is 12.5 Å². The monoisotopic (exact) mass is 239 g/mol. The van der Waals surface area contributed by atoms with Gasteiger partial charge in [0.05, 0.1) is 14.2 Å². The molecule has 1 aromatic rings. The Morgan fingerprint density at radius 3 is 2.18 bits per heavy atom. The number of hydrogen-bond donors (Lipinski definition) is 1. The second-order valence-electron chi connectivity index (χ2n) is 3.67. The van der Waals surface area contributed by atoms with Crippen LogP contribution in [0, 0.1) is 0 Å². The van der Waals surface area contributed by atoms with Gasteiger partial charge >= 0.3 is 0 Å². The first kappa shape index (κ1) is 13.3. The maximum Gasteiger partial charge on any atom is 0.254 e. The van der Waals surface area contributed by atoms with E-state index in [1.54, 1.807) is 32.2 Å². The van der Waals surface area contributed by atoms with E-state index in [0.29, 0.717) is 17.1 Å². The van der Waals surface area contributed by atoms with Crippen LogP contribution in [0.2, 0.25) is 0 Å². The predicted molar refractivity (Wildman–Crippen MR) is 63.1 cm³/mol. The molecule has 0 heterocycles. The maximum absolute atomic E-state index is 11.4. The summed E-state index contributed by atoms with van der Waals surface area (Å²) in [5.41, 5.74) is 4.77. The minimum atomic E-state index is -1.18. The normalized spacial score (nSPS) is 13.9. The van der Waals surface area contributed by atoms with Gasteiger partial charge in [-0.15, -0.1) is 0 Å². The number of benzene rings is 1. The van der Waals surface area contributed by atoms with Gasteiger partial charge in [-0.25, -0.2) is 0 Å². The molecule has 1 atom stereocenters. The smallest absolute Gasteiger partial charge is 0.254 e. The average Bonchev–Trinajstić information content (AvgIpc) is 2.36. The van der Waals surface area contributed by atoms with Crippen molar-refractivity contribution in [3.8, 4) is 11.5 Å². The number of ether oxygens (including phenoxy) is 3. The first-order chi connectivity index (χ1) is 7.99. The van der Waals surface area contributed by atoms with Crippen LogP contribution >= 0.6 is 0 Å². The third kappa shape index (κ3) is 2.34. The molecule has 0 aliphatic rings. The summed E-state index contributed by atoms with van der Waals surface area (Å²) in [6.07, 6.45) is 0. The van der Waals surface area contributed by atoms with Crippen molar-refractivity contribution in [2.24, 2.45) is 5.73 Å². The van der Waals surface area contributed by atoms with E-state index < -0.39 is 11.5 Å². The van der Waals surface area contributed by atoms with Crippen molar-refractivity contribution < 1.29 is 19.0 Å². The SMILES string of the molecule is COc1ccc(C(C)(OC)C(N)=O)cc1OC. The quantitative estimate of drug-likeness (QED) is 0.833. The number of amides is 1. The molecule has 0 spiro atoms. The lowest BCUT2D eigenvalue weighted by atomic mass is 9.94. The zero-order valence-corrected chi connectivity index (χ0v) is 10.4. The second kappa shape index (κ2) is 5.05. The minimum Gasteiger partial charge on any atom is -0.493 e. The summed E-state index contributed by atoms with van der Waals surface area (Å²) >= 11 is 0. The third-order valence-corrected chi connectivity index (χ3v) is 2.81. The van der Waals surface area contributed by atoms with Crippen LogP contribution in [0.25, 0.3) is 0 Å². The molecule has 1 amide bonds. The first-order valence-electron chi connectivity index (χ1n) is 5.07. The maximum atomic E-state index is 11.4. The average molecular weight is 239 g/mol. The lowest BCUT2D eigenvalue weighted by molar-refractivity contribution is -0.139.